The summed E-state index contributed by atoms with van der Waals surface area (Å²) in [6.45, 7) is 1.89. The van der Waals surface area contributed by atoms with Gasteiger partial charge in [-0.25, -0.2) is 4.98 Å². The van der Waals surface area contributed by atoms with Crippen LogP contribution in [0.1, 0.15) is 17.4 Å². The molecule has 6 heteroatoms. The number of pyridine rings is 1. The van der Waals surface area contributed by atoms with Crippen molar-refractivity contribution in [3.63, 3.8) is 0 Å². The number of amides is 1. The lowest BCUT2D eigenvalue weighted by atomic mass is 10.0. The zero-order valence-electron chi connectivity index (χ0n) is 12.2. The Kier molecular flexibility index (Phi) is 3.96. The molecule has 0 spiro atoms. The maximum Gasteiger partial charge on any atom is 0.224 e. The maximum absolute atomic E-state index is 12.1. The lowest BCUT2D eigenvalue weighted by Gasteiger charge is -2.22. The highest BCUT2D eigenvalue weighted by Crippen LogP contribution is 2.24. The van der Waals surface area contributed by atoms with Crippen LogP contribution in [-0.2, 0) is 16.8 Å². The highest BCUT2D eigenvalue weighted by Gasteiger charge is 2.24. The van der Waals surface area contributed by atoms with E-state index in [1.807, 2.05) is 29.6 Å². The van der Waals surface area contributed by atoms with Crippen molar-refractivity contribution < 1.29 is 9.90 Å². The highest BCUT2D eigenvalue weighted by atomic mass is 32.1. The Morgan fingerprint density at radius 1 is 1.45 bits per heavy atom. The van der Waals surface area contributed by atoms with Crippen molar-refractivity contribution in [2.45, 2.75) is 18.9 Å². The highest BCUT2D eigenvalue weighted by molar-refractivity contribution is 7.10. The first-order valence-corrected chi connectivity index (χ1v) is 7.88. The van der Waals surface area contributed by atoms with Gasteiger partial charge in [0.25, 0.3) is 0 Å². The van der Waals surface area contributed by atoms with Gasteiger partial charge in [-0.05, 0) is 36.1 Å². The molecule has 1 amide bonds. The standard InChI is InChI=1S/C16H17N3O2S/c1-16(21,13-5-3-7-22-13)10-19-14(20)8-11-9-18-15-12(11)4-2-6-17-15/h2-7,9,21H,8,10H2,1H3,(H,17,18)(H,19,20). The molecule has 0 aromatic carbocycles. The van der Waals surface area contributed by atoms with Gasteiger partial charge in [-0.2, -0.15) is 0 Å². The number of H-pyrrole nitrogens is 1. The summed E-state index contributed by atoms with van der Waals surface area (Å²) in [6, 6.07) is 7.53. The fraction of sp³-hybridized carbons (Fsp3) is 0.250. The first-order valence-electron chi connectivity index (χ1n) is 7.00. The van der Waals surface area contributed by atoms with Crippen LogP contribution in [0.5, 0.6) is 0 Å². The van der Waals surface area contributed by atoms with E-state index in [-0.39, 0.29) is 18.9 Å². The molecule has 0 aliphatic rings. The van der Waals surface area contributed by atoms with Crippen LogP contribution in [0.3, 0.4) is 0 Å². The third-order valence-electron chi connectivity index (χ3n) is 3.57. The number of aliphatic hydroxyl groups is 1. The predicted molar refractivity (Wildman–Crippen MR) is 86.7 cm³/mol. The molecule has 3 aromatic heterocycles. The molecule has 5 nitrogen and oxygen atoms in total. The van der Waals surface area contributed by atoms with Crippen molar-refractivity contribution in [1.82, 2.24) is 15.3 Å². The van der Waals surface area contributed by atoms with Gasteiger partial charge in [0, 0.05) is 22.7 Å². The summed E-state index contributed by atoms with van der Waals surface area (Å²) in [7, 11) is 0. The Labute approximate surface area is 132 Å². The molecule has 0 bridgehead atoms. The van der Waals surface area contributed by atoms with Crippen molar-refractivity contribution in [3.05, 3.63) is 52.5 Å². The number of aromatic amines is 1. The Bertz CT molecular complexity index is 778. The van der Waals surface area contributed by atoms with E-state index in [0.29, 0.717) is 0 Å². The molecule has 3 rings (SSSR count). The minimum Gasteiger partial charge on any atom is -0.383 e. The molecule has 114 valence electrons. The number of carbonyl (C=O) groups is 1. The quantitative estimate of drug-likeness (QED) is 0.675. The van der Waals surface area contributed by atoms with Gasteiger partial charge in [0.05, 0.1) is 13.0 Å². The molecular formula is C16H17N3O2S. The molecule has 0 radical (unpaired) electrons. The minimum atomic E-state index is -1.05. The number of fused-ring (bicyclic) bond motifs is 1. The van der Waals surface area contributed by atoms with Crippen LogP contribution in [0.25, 0.3) is 11.0 Å². The van der Waals surface area contributed by atoms with E-state index in [4.69, 9.17) is 0 Å². The summed E-state index contributed by atoms with van der Waals surface area (Å²) in [6.07, 6.45) is 3.77. The normalized spacial score (nSPS) is 13.9. The molecule has 3 N–H and O–H groups in total. The zero-order chi connectivity index (χ0) is 15.6. The average molecular weight is 315 g/mol. The van der Waals surface area contributed by atoms with E-state index < -0.39 is 5.60 Å². The number of aromatic nitrogens is 2. The van der Waals surface area contributed by atoms with E-state index in [9.17, 15) is 9.90 Å². The number of hydrogen-bond donors (Lipinski definition) is 3. The Morgan fingerprint density at radius 2 is 2.32 bits per heavy atom. The number of rotatable bonds is 5. The van der Waals surface area contributed by atoms with Gasteiger partial charge >= 0.3 is 0 Å². The Balaban J connectivity index is 1.63. The molecule has 0 fully saturated rings. The second-order valence-corrected chi connectivity index (χ2v) is 6.37. The van der Waals surface area contributed by atoms with E-state index >= 15 is 0 Å². The number of nitrogens with zero attached hydrogens (tertiary/aromatic N) is 1. The average Bonchev–Trinajstić information content (AvgIpc) is 3.16. The number of carbonyl (C=O) groups excluding carboxylic acids is 1. The molecule has 22 heavy (non-hydrogen) atoms. The maximum atomic E-state index is 12.1. The SMILES string of the molecule is CC(O)(CNC(=O)Cc1c[nH]c2ncccc12)c1cccs1. The fourth-order valence-electron chi connectivity index (χ4n) is 2.34. The van der Waals surface area contributed by atoms with E-state index in [1.165, 1.54) is 11.3 Å². The molecule has 1 atom stereocenters. The summed E-state index contributed by atoms with van der Waals surface area (Å²) in [5.41, 5.74) is 0.623. The smallest absolute Gasteiger partial charge is 0.224 e. The van der Waals surface area contributed by atoms with E-state index in [1.54, 1.807) is 19.3 Å². The van der Waals surface area contributed by atoms with E-state index in [0.717, 1.165) is 21.5 Å². The second kappa shape index (κ2) is 5.90. The predicted octanol–water partition coefficient (Wildman–Crippen LogP) is 2.19. The lowest BCUT2D eigenvalue weighted by molar-refractivity contribution is -0.121. The van der Waals surface area contributed by atoms with Crippen molar-refractivity contribution >= 4 is 28.3 Å². The van der Waals surface area contributed by atoms with Crippen LogP contribution in [-0.4, -0.2) is 27.5 Å². The Hall–Kier alpha value is -2.18. The van der Waals surface area contributed by atoms with Gasteiger partial charge in [0.15, 0.2) is 0 Å². The summed E-state index contributed by atoms with van der Waals surface area (Å²) >= 11 is 1.47. The van der Waals surface area contributed by atoms with Crippen molar-refractivity contribution in [1.29, 1.82) is 0 Å². The van der Waals surface area contributed by atoms with E-state index in [2.05, 4.69) is 15.3 Å². The molecule has 0 saturated heterocycles. The van der Waals surface area contributed by atoms with Crippen LogP contribution >= 0.6 is 11.3 Å². The fourth-order valence-corrected chi connectivity index (χ4v) is 3.12. The molecule has 1 unspecified atom stereocenters. The topological polar surface area (TPSA) is 78.0 Å². The lowest BCUT2D eigenvalue weighted by Crippen LogP contribution is -2.38. The number of thiophene rings is 1. The molecule has 0 aliphatic heterocycles. The van der Waals surface area contributed by atoms with Crippen LogP contribution in [0.15, 0.2) is 42.0 Å². The molecule has 3 heterocycles. The van der Waals surface area contributed by atoms with Crippen LogP contribution < -0.4 is 5.32 Å². The number of hydrogen-bond acceptors (Lipinski definition) is 4. The van der Waals surface area contributed by atoms with Gasteiger partial charge in [0.1, 0.15) is 11.2 Å². The summed E-state index contributed by atoms with van der Waals surface area (Å²) < 4.78 is 0. The first-order chi connectivity index (χ1) is 10.6. The van der Waals surface area contributed by atoms with Crippen LogP contribution in [0.2, 0.25) is 0 Å². The first kappa shape index (κ1) is 14.7. The summed E-state index contributed by atoms with van der Waals surface area (Å²) in [4.78, 5) is 20.2. The Morgan fingerprint density at radius 3 is 3.09 bits per heavy atom. The van der Waals surface area contributed by atoms with Crippen molar-refractivity contribution in [3.8, 4) is 0 Å². The molecule has 0 saturated carbocycles. The van der Waals surface area contributed by atoms with Crippen molar-refractivity contribution in [2.24, 2.45) is 0 Å². The monoisotopic (exact) mass is 315 g/mol. The third kappa shape index (κ3) is 3.03. The zero-order valence-corrected chi connectivity index (χ0v) is 13.0. The van der Waals surface area contributed by atoms with Crippen LogP contribution in [0, 0.1) is 0 Å². The largest absolute Gasteiger partial charge is 0.383 e. The molecular weight excluding hydrogens is 298 g/mol. The summed E-state index contributed by atoms with van der Waals surface area (Å²) in [5, 5.41) is 16.1. The minimum absolute atomic E-state index is 0.124. The molecule has 3 aromatic rings. The van der Waals surface area contributed by atoms with Gasteiger partial charge in [-0.1, -0.05) is 6.07 Å². The third-order valence-corrected chi connectivity index (χ3v) is 4.69. The molecule has 0 aliphatic carbocycles. The van der Waals surface area contributed by atoms with Gasteiger partial charge < -0.3 is 15.4 Å². The second-order valence-electron chi connectivity index (χ2n) is 5.42. The van der Waals surface area contributed by atoms with Gasteiger partial charge in [-0.3, -0.25) is 4.79 Å². The number of nitrogens with one attached hydrogen (secondary N) is 2. The summed E-state index contributed by atoms with van der Waals surface area (Å²) in [5.74, 6) is -0.124. The van der Waals surface area contributed by atoms with Gasteiger partial charge in [-0.15, -0.1) is 11.3 Å². The van der Waals surface area contributed by atoms with Crippen LogP contribution in [0.4, 0.5) is 0 Å². The van der Waals surface area contributed by atoms with Gasteiger partial charge in [0.2, 0.25) is 5.91 Å². The van der Waals surface area contributed by atoms with Crippen molar-refractivity contribution in [2.75, 3.05) is 6.54 Å².